The number of ether oxygens (including phenoxy) is 2. The van der Waals surface area contributed by atoms with E-state index in [4.69, 9.17) is 9.47 Å². The summed E-state index contributed by atoms with van der Waals surface area (Å²) in [5, 5.41) is 2.72. The number of hydrogen-bond donors (Lipinski definition) is 1. The quantitative estimate of drug-likeness (QED) is 0.580. The fraction of sp³-hybridized carbons (Fsp3) is 0.350. The summed E-state index contributed by atoms with van der Waals surface area (Å²) in [6.07, 6.45) is 0.652. The lowest BCUT2D eigenvalue weighted by atomic mass is 10.3. The van der Waals surface area contributed by atoms with Crippen molar-refractivity contribution in [2.45, 2.75) is 18.2 Å². The third kappa shape index (κ3) is 5.97. The molecular weight excluding hydrogens is 380 g/mol. The van der Waals surface area contributed by atoms with Crippen LogP contribution in [0.15, 0.2) is 59.5 Å². The molecule has 0 aromatic heterocycles. The molecule has 0 heterocycles. The van der Waals surface area contributed by atoms with E-state index in [0.717, 1.165) is 4.31 Å². The van der Waals surface area contributed by atoms with E-state index >= 15 is 0 Å². The molecule has 0 aliphatic rings. The maximum atomic E-state index is 13.2. The first-order valence-corrected chi connectivity index (χ1v) is 10.5. The van der Waals surface area contributed by atoms with Gasteiger partial charge in [-0.3, -0.25) is 9.10 Å². The lowest BCUT2D eigenvalue weighted by Gasteiger charge is -2.24. The Balaban J connectivity index is 2.24. The Hall–Kier alpha value is -2.58. The maximum Gasteiger partial charge on any atom is 0.264 e. The van der Waals surface area contributed by atoms with Gasteiger partial charge in [-0.05, 0) is 49.7 Å². The van der Waals surface area contributed by atoms with Crippen LogP contribution in [0, 0.1) is 0 Å². The van der Waals surface area contributed by atoms with Crippen LogP contribution in [-0.4, -0.2) is 47.7 Å². The number of nitrogens with zero attached hydrogens (tertiary/aromatic N) is 1. The van der Waals surface area contributed by atoms with Crippen LogP contribution in [0.4, 0.5) is 5.69 Å². The zero-order valence-electron chi connectivity index (χ0n) is 16.1. The van der Waals surface area contributed by atoms with Crippen molar-refractivity contribution in [2.24, 2.45) is 0 Å². The number of benzene rings is 2. The zero-order chi connectivity index (χ0) is 20.4. The van der Waals surface area contributed by atoms with Crippen molar-refractivity contribution in [1.82, 2.24) is 5.32 Å². The van der Waals surface area contributed by atoms with E-state index in [-0.39, 0.29) is 17.3 Å². The highest BCUT2D eigenvalue weighted by atomic mass is 32.2. The summed E-state index contributed by atoms with van der Waals surface area (Å²) < 4.78 is 37.8. The van der Waals surface area contributed by atoms with E-state index in [2.05, 4.69) is 5.32 Å². The number of carbonyl (C=O) groups is 1. The van der Waals surface area contributed by atoms with E-state index in [1.807, 2.05) is 6.92 Å². The van der Waals surface area contributed by atoms with E-state index in [9.17, 15) is 13.2 Å². The highest BCUT2D eigenvalue weighted by Crippen LogP contribution is 2.24. The fourth-order valence-corrected chi connectivity index (χ4v) is 3.96. The second-order valence-electron chi connectivity index (χ2n) is 5.95. The van der Waals surface area contributed by atoms with Crippen molar-refractivity contribution >= 4 is 21.6 Å². The summed E-state index contributed by atoms with van der Waals surface area (Å²) in [5.74, 6) is 0.207. The summed E-state index contributed by atoms with van der Waals surface area (Å²) in [6.45, 7) is 2.97. The molecule has 0 aliphatic carbocycles. The molecule has 0 aliphatic heterocycles. The second kappa shape index (κ2) is 10.7. The highest BCUT2D eigenvalue weighted by Gasteiger charge is 2.27. The Labute approximate surface area is 166 Å². The predicted octanol–water partition coefficient (Wildman–Crippen LogP) is 2.43. The van der Waals surface area contributed by atoms with Gasteiger partial charge in [-0.1, -0.05) is 18.2 Å². The topological polar surface area (TPSA) is 84.9 Å². The summed E-state index contributed by atoms with van der Waals surface area (Å²) in [5.41, 5.74) is 0.420. The summed E-state index contributed by atoms with van der Waals surface area (Å²) in [6, 6.07) is 14.7. The van der Waals surface area contributed by atoms with Gasteiger partial charge in [-0.15, -0.1) is 0 Å². The monoisotopic (exact) mass is 406 g/mol. The first kappa shape index (κ1) is 21.7. The van der Waals surface area contributed by atoms with E-state index in [1.54, 1.807) is 49.6 Å². The normalized spacial score (nSPS) is 11.1. The van der Waals surface area contributed by atoms with Gasteiger partial charge < -0.3 is 14.8 Å². The number of hydrogen-bond acceptors (Lipinski definition) is 5. The lowest BCUT2D eigenvalue weighted by molar-refractivity contribution is -0.119. The molecule has 28 heavy (non-hydrogen) atoms. The highest BCUT2D eigenvalue weighted by molar-refractivity contribution is 7.92. The van der Waals surface area contributed by atoms with E-state index < -0.39 is 10.0 Å². The Kier molecular flexibility index (Phi) is 8.28. The second-order valence-corrected chi connectivity index (χ2v) is 7.81. The predicted molar refractivity (Wildman–Crippen MR) is 108 cm³/mol. The van der Waals surface area contributed by atoms with Gasteiger partial charge in [0.15, 0.2) is 0 Å². The third-order valence-corrected chi connectivity index (χ3v) is 5.69. The molecule has 0 atom stereocenters. The summed E-state index contributed by atoms with van der Waals surface area (Å²) >= 11 is 0. The molecule has 0 saturated carbocycles. The molecule has 2 aromatic carbocycles. The molecule has 7 nitrogen and oxygen atoms in total. The number of anilines is 1. The molecule has 0 unspecified atom stereocenters. The van der Waals surface area contributed by atoms with Crippen LogP contribution in [0.2, 0.25) is 0 Å². The van der Waals surface area contributed by atoms with Gasteiger partial charge in [-0.2, -0.15) is 0 Å². The van der Waals surface area contributed by atoms with E-state index in [1.165, 1.54) is 12.1 Å². The van der Waals surface area contributed by atoms with Crippen molar-refractivity contribution in [3.8, 4) is 5.75 Å². The Morgan fingerprint density at radius 2 is 1.75 bits per heavy atom. The average molecular weight is 407 g/mol. The van der Waals surface area contributed by atoms with Gasteiger partial charge in [0.05, 0.1) is 17.2 Å². The molecule has 1 N–H and O–H groups in total. The third-order valence-electron chi connectivity index (χ3n) is 3.90. The first-order valence-electron chi connectivity index (χ1n) is 9.05. The average Bonchev–Trinajstić information content (AvgIpc) is 2.70. The molecule has 2 rings (SSSR count). The minimum absolute atomic E-state index is 0.0898. The number of methoxy groups -OCH3 is 1. The summed E-state index contributed by atoms with van der Waals surface area (Å²) in [7, 11) is -2.34. The van der Waals surface area contributed by atoms with Crippen molar-refractivity contribution in [3.05, 3.63) is 54.6 Å². The maximum absolute atomic E-state index is 13.2. The molecule has 152 valence electrons. The van der Waals surface area contributed by atoms with Gasteiger partial charge in [0, 0.05) is 20.3 Å². The van der Waals surface area contributed by atoms with Crippen molar-refractivity contribution in [1.29, 1.82) is 0 Å². The summed E-state index contributed by atoms with van der Waals surface area (Å²) in [4.78, 5) is 12.4. The van der Waals surface area contributed by atoms with Crippen LogP contribution < -0.4 is 14.4 Å². The molecule has 0 fully saturated rings. The Morgan fingerprint density at radius 1 is 1.07 bits per heavy atom. The molecule has 0 saturated heterocycles. The molecule has 0 bridgehead atoms. The van der Waals surface area contributed by atoms with Crippen LogP contribution in [-0.2, 0) is 19.6 Å². The lowest BCUT2D eigenvalue weighted by Crippen LogP contribution is -2.41. The van der Waals surface area contributed by atoms with Gasteiger partial charge in [-0.25, -0.2) is 8.42 Å². The van der Waals surface area contributed by atoms with Crippen LogP contribution in [0.5, 0.6) is 5.75 Å². The van der Waals surface area contributed by atoms with Crippen molar-refractivity contribution in [3.63, 3.8) is 0 Å². The minimum Gasteiger partial charge on any atom is -0.494 e. The van der Waals surface area contributed by atoms with Crippen molar-refractivity contribution < 1.29 is 22.7 Å². The van der Waals surface area contributed by atoms with Gasteiger partial charge >= 0.3 is 0 Å². The number of sulfonamides is 1. The number of nitrogens with one attached hydrogen (secondary N) is 1. The first-order chi connectivity index (χ1) is 13.5. The van der Waals surface area contributed by atoms with Crippen molar-refractivity contribution in [2.75, 3.05) is 37.7 Å². The zero-order valence-corrected chi connectivity index (χ0v) is 16.9. The number of amides is 1. The molecule has 8 heteroatoms. The van der Waals surface area contributed by atoms with Crippen LogP contribution >= 0.6 is 0 Å². The standard InChI is InChI=1S/C20H26N2O5S/c1-3-27-18-10-12-19(13-11-18)28(24,25)22(17-8-5-4-6-9-17)16-20(23)21-14-7-15-26-2/h4-6,8-13H,3,7,14-16H2,1-2H3,(H,21,23). The largest absolute Gasteiger partial charge is 0.494 e. The van der Waals surface area contributed by atoms with E-state index in [0.29, 0.717) is 37.6 Å². The van der Waals surface area contributed by atoms with Gasteiger partial charge in [0.2, 0.25) is 5.91 Å². The molecule has 0 radical (unpaired) electrons. The van der Waals surface area contributed by atoms with Crippen LogP contribution in [0.1, 0.15) is 13.3 Å². The van der Waals surface area contributed by atoms with Crippen LogP contribution in [0.3, 0.4) is 0 Å². The molecule has 2 aromatic rings. The van der Waals surface area contributed by atoms with Gasteiger partial charge in [0.1, 0.15) is 12.3 Å². The fourth-order valence-electron chi connectivity index (χ4n) is 2.54. The Bertz CT molecular complexity index is 839. The molecule has 0 spiro atoms. The smallest absolute Gasteiger partial charge is 0.264 e. The number of rotatable bonds is 11. The molecular formula is C20H26N2O5S. The molecule has 1 amide bonds. The Morgan fingerprint density at radius 3 is 2.36 bits per heavy atom. The van der Waals surface area contributed by atoms with Gasteiger partial charge in [0.25, 0.3) is 10.0 Å². The number of para-hydroxylation sites is 1. The number of carbonyl (C=O) groups excluding carboxylic acids is 1. The minimum atomic E-state index is -3.92. The van der Waals surface area contributed by atoms with Crippen LogP contribution in [0.25, 0.3) is 0 Å². The SMILES string of the molecule is CCOc1ccc(S(=O)(=O)N(CC(=O)NCCCOC)c2ccccc2)cc1.